The zero-order valence-corrected chi connectivity index (χ0v) is 43.9. The van der Waals surface area contributed by atoms with Crippen LogP contribution in [0, 0.1) is 0 Å². The number of ether oxygens (including phenoxy) is 5. The Bertz CT molecular complexity index is 1610. The highest BCUT2D eigenvalue weighted by Gasteiger charge is 2.50. The van der Waals surface area contributed by atoms with E-state index in [2.05, 4.69) is 118 Å². The second-order valence-corrected chi connectivity index (χ2v) is 18.1. The van der Waals surface area contributed by atoms with Crippen molar-refractivity contribution in [3.63, 3.8) is 0 Å². The van der Waals surface area contributed by atoms with Gasteiger partial charge in [-0.2, -0.15) is 0 Å². The Morgan fingerprint density at radius 2 is 0.887 bits per heavy atom. The summed E-state index contributed by atoms with van der Waals surface area (Å²) in [6.45, 7) is 5.66. The smallest absolute Gasteiger partial charge is 0.335 e. The summed E-state index contributed by atoms with van der Waals surface area (Å²) in [5.74, 6) is -3.24. The summed E-state index contributed by atoms with van der Waals surface area (Å²) in [4.78, 5) is 50.9. The molecule has 12 nitrogen and oxygen atoms in total. The van der Waals surface area contributed by atoms with E-state index in [1.54, 1.807) is 0 Å². The van der Waals surface area contributed by atoms with Crippen LogP contribution in [0.4, 0.5) is 0 Å². The van der Waals surface area contributed by atoms with Crippen LogP contribution in [0.1, 0.15) is 201 Å². The predicted octanol–water partition coefficient (Wildman–Crippen LogP) is 13.3. The molecule has 6 unspecified atom stereocenters. The van der Waals surface area contributed by atoms with Crippen LogP contribution in [-0.2, 0) is 42.9 Å². The maximum Gasteiger partial charge on any atom is 0.335 e. The number of carboxylic acids is 1. The number of carbonyl (C=O) groups is 4. The molecule has 402 valence electrons. The largest absolute Gasteiger partial charge is 0.479 e. The number of carboxylic acid groups (broad SMARTS) is 1. The Kier molecular flexibility index (Phi) is 42.5. The van der Waals surface area contributed by atoms with Gasteiger partial charge in [0, 0.05) is 19.3 Å². The maximum absolute atomic E-state index is 13.1. The minimum Gasteiger partial charge on any atom is -0.479 e. The van der Waals surface area contributed by atoms with Gasteiger partial charge in [-0.3, -0.25) is 14.4 Å². The Hall–Kier alpha value is -4.36. The molecule has 71 heavy (non-hydrogen) atoms. The van der Waals surface area contributed by atoms with E-state index in [4.69, 9.17) is 23.7 Å². The van der Waals surface area contributed by atoms with Crippen LogP contribution in [0.25, 0.3) is 0 Å². The Balaban J connectivity index is 2.78. The molecule has 0 amide bonds. The lowest BCUT2D eigenvalue weighted by atomic mass is 9.98. The molecule has 1 fully saturated rings. The predicted molar refractivity (Wildman–Crippen MR) is 284 cm³/mol. The van der Waals surface area contributed by atoms with E-state index in [1.807, 2.05) is 0 Å². The van der Waals surface area contributed by atoms with Gasteiger partial charge in [0.05, 0.1) is 6.61 Å². The first-order valence-corrected chi connectivity index (χ1v) is 27.2. The summed E-state index contributed by atoms with van der Waals surface area (Å²) in [6, 6.07) is 0. The van der Waals surface area contributed by atoms with E-state index < -0.39 is 67.3 Å². The summed E-state index contributed by atoms with van der Waals surface area (Å²) >= 11 is 0. The molecule has 0 aliphatic carbocycles. The third-order valence-electron chi connectivity index (χ3n) is 11.6. The van der Waals surface area contributed by atoms with Crippen LogP contribution in [-0.4, -0.2) is 89.2 Å². The standard InChI is InChI=1S/C59H94O12/c1-4-7-10-13-16-19-22-25-26-29-32-35-38-41-44-47-53(62)70-57-55(64)54(63)56(58(65)66)71-59(57)68-49-50(69-52(61)46-43-40-37-34-31-28-24-21-18-15-12-9-6-3)48-67-51(60)45-42-39-36-33-30-27-23-20-17-14-11-8-5-2/h7-8,10-11,16-17,19-21,24-27,30,32,35,50,54-57,59,63-64H,4-6,9,12-15,18,22-23,28-29,31,33-34,36-49H2,1-3H3,(H,65,66)/b10-7-,11-8-,19-16-,20-17-,24-21-,26-25-,30-27-,35-32-. The van der Waals surface area contributed by atoms with Crippen molar-refractivity contribution >= 4 is 23.9 Å². The van der Waals surface area contributed by atoms with Gasteiger partial charge in [0.25, 0.3) is 0 Å². The molecule has 3 N–H and O–H groups in total. The summed E-state index contributed by atoms with van der Waals surface area (Å²) in [5, 5.41) is 31.4. The van der Waals surface area contributed by atoms with E-state index in [1.165, 1.54) is 25.7 Å². The van der Waals surface area contributed by atoms with Gasteiger partial charge < -0.3 is 39.0 Å². The molecule has 0 aromatic carbocycles. The maximum atomic E-state index is 13.1. The van der Waals surface area contributed by atoms with Crippen molar-refractivity contribution in [3.8, 4) is 0 Å². The highest BCUT2D eigenvalue weighted by atomic mass is 16.7. The fraction of sp³-hybridized carbons (Fsp3) is 0.661. The second-order valence-electron chi connectivity index (χ2n) is 18.1. The van der Waals surface area contributed by atoms with E-state index in [0.29, 0.717) is 25.7 Å². The third-order valence-corrected chi connectivity index (χ3v) is 11.6. The van der Waals surface area contributed by atoms with Gasteiger partial charge in [-0.15, -0.1) is 0 Å². The van der Waals surface area contributed by atoms with Gasteiger partial charge in [0.15, 0.2) is 24.6 Å². The van der Waals surface area contributed by atoms with Crippen LogP contribution in [0.2, 0.25) is 0 Å². The number of rotatable bonds is 44. The van der Waals surface area contributed by atoms with Crippen LogP contribution in [0.15, 0.2) is 97.2 Å². The third kappa shape index (κ3) is 37.1. The number of esters is 3. The first-order chi connectivity index (χ1) is 34.6. The molecule has 1 rings (SSSR count). The van der Waals surface area contributed by atoms with Crippen molar-refractivity contribution < 1.29 is 58.2 Å². The van der Waals surface area contributed by atoms with Gasteiger partial charge in [0.1, 0.15) is 18.8 Å². The number of unbranched alkanes of at least 4 members (excludes halogenated alkanes) is 14. The molecule has 0 spiro atoms. The average Bonchev–Trinajstić information content (AvgIpc) is 3.35. The van der Waals surface area contributed by atoms with Gasteiger partial charge in [0.2, 0.25) is 0 Å². The Morgan fingerprint density at radius 1 is 0.479 bits per heavy atom. The average molecular weight is 995 g/mol. The van der Waals surface area contributed by atoms with Crippen LogP contribution in [0.3, 0.4) is 0 Å². The summed E-state index contributed by atoms with van der Waals surface area (Å²) in [5.41, 5.74) is 0. The monoisotopic (exact) mass is 995 g/mol. The Morgan fingerprint density at radius 3 is 1.41 bits per heavy atom. The molecule has 1 aliphatic heterocycles. The van der Waals surface area contributed by atoms with E-state index in [9.17, 15) is 34.5 Å². The summed E-state index contributed by atoms with van der Waals surface area (Å²) in [6.07, 6.45) is 48.2. The van der Waals surface area contributed by atoms with Crippen molar-refractivity contribution in [2.45, 2.75) is 237 Å². The zero-order valence-electron chi connectivity index (χ0n) is 43.9. The highest BCUT2D eigenvalue weighted by molar-refractivity contribution is 5.74. The number of aliphatic hydroxyl groups is 2. The van der Waals surface area contributed by atoms with E-state index >= 15 is 0 Å². The van der Waals surface area contributed by atoms with Crippen LogP contribution < -0.4 is 0 Å². The Labute approximate surface area is 428 Å². The first-order valence-electron chi connectivity index (χ1n) is 27.2. The number of aliphatic hydroxyl groups excluding tert-OH is 2. The quantitative estimate of drug-likeness (QED) is 0.0228. The lowest BCUT2D eigenvalue weighted by molar-refractivity contribution is -0.301. The van der Waals surface area contributed by atoms with Gasteiger partial charge in [-0.1, -0.05) is 163 Å². The van der Waals surface area contributed by atoms with Crippen molar-refractivity contribution in [2.24, 2.45) is 0 Å². The molecule has 12 heteroatoms. The van der Waals surface area contributed by atoms with Crippen molar-refractivity contribution in [1.29, 1.82) is 0 Å². The summed E-state index contributed by atoms with van der Waals surface area (Å²) < 4.78 is 28.2. The highest BCUT2D eigenvalue weighted by Crippen LogP contribution is 2.26. The van der Waals surface area contributed by atoms with Gasteiger partial charge in [-0.25, -0.2) is 4.79 Å². The second kappa shape index (κ2) is 46.7. The number of hydrogen-bond donors (Lipinski definition) is 3. The number of carbonyl (C=O) groups excluding carboxylic acids is 3. The molecular weight excluding hydrogens is 901 g/mol. The molecule has 0 aromatic rings. The summed E-state index contributed by atoms with van der Waals surface area (Å²) in [7, 11) is 0. The molecular formula is C59H94O12. The number of hydrogen-bond acceptors (Lipinski definition) is 11. The lowest BCUT2D eigenvalue weighted by Gasteiger charge is -2.40. The molecule has 0 bridgehead atoms. The molecule has 6 atom stereocenters. The minimum absolute atomic E-state index is 0.0000717. The SMILES string of the molecule is CC/C=C\C/C=C\C/C=C\C/C=C\CCCCC(=O)OC1C(OCC(COC(=O)CCCCC/C=C\C/C=C\C/C=C\CC)OC(=O)CCCCCCC/C=C\CCCCCC)OC(C(=O)O)C(O)C1O. The normalized spacial score (nSPS) is 19.3. The number of allylic oxidation sites excluding steroid dienone is 16. The van der Waals surface area contributed by atoms with Crippen molar-refractivity contribution in [1.82, 2.24) is 0 Å². The van der Waals surface area contributed by atoms with Crippen LogP contribution >= 0.6 is 0 Å². The topological polar surface area (TPSA) is 175 Å². The molecule has 1 saturated heterocycles. The molecule has 1 aliphatic rings. The van der Waals surface area contributed by atoms with Gasteiger partial charge in [-0.05, 0) is 116 Å². The van der Waals surface area contributed by atoms with Crippen molar-refractivity contribution in [2.75, 3.05) is 13.2 Å². The molecule has 0 radical (unpaired) electrons. The van der Waals surface area contributed by atoms with E-state index in [-0.39, 0.29) is 25.9 Å². The fourth-order valence-electron chi connectivity index (χ4n) is 7.48. The lowest BCUT2D eigenvalue weighted by Crippen LogP contribution is -2.61. The molecule has 0 saturated carbocycles. The first kappa shape index (κ1) is 64.7. The zero-order chi connectivity index (χ0) is 51.8. The molecule has 0 aromatic heterocycles. The number of aliphatic carboxylic acids is 1. The minimum atomic E-state index is -1.93. The van der Waals surface area contributed by atoms with Gasteiger partial charge >= 0.3 is 23.9 Å². The van der Waals surface area contributed by atoms with Crippen LogP contribution in [0.5, 0.6) is 0 Å². The van der Waals surface area contributed by atoms with E-state index in [0.717, 1.165) is 109 Å². The molecule has 1 heterocycles. The van der Waals surface area contributed by atoms with Crippen molar-refractivity contribution in [3.05, 3.63) is 97.2 Å². The fourth-order valence-corrected chi connectivity index (χ4v) is 7.48.